The van der Waals surface area contributed by atoms with Gasteiger partial charge in [-0.05, 0) is 64.2 Å². The zero-order valence-corrected chi connectivity index (χ0v) is 7.75. The molecule has 0 aromatic rings. The van der Waals surface area contributed by atoms with Crippen molar-refractivity contribution in [2.24, 2.45) is 0 Å². The van der Waals surface area contributed by atoms with E-state index in [1.807, 2.05) is 64.2 Å². The maximum absolute atomic E-state index is 2.00. The van der Waals surface area contributed by atoms with Crippen LogP contribution in [0.3, 0.4) is 0 Å². The van der Waals surface area contributed by atoms with Crippen LogP contribution in [0.5, 0.6) is 0 Å². The van der Waals surface area contributed by atoms with Crippen LogP contribution in [0.1, 0.15) is 0 Å². The Hall–Kier alpha value is 0.623. The van der Waals surface area contributed by atoms with Crippen molar-refractivity contribution in [3.05, 3.63) is 64.2 Å². The van der Waals surface area contributed by atoms with Gasteiger partial charge >= 0.3 is 19.5 Å². The first kappa shape index (κ1) is 11.6. The summed E-state index contributed by atoms with van der Waals surface area (Å²) >= 11 is 0. The van der Waals surface area contributed by atoms with Crippen molar-refractivity contribution < 1.29 is 19.5 Å². The van der Waals surface area contributed by atoms with Gasteiger partial charge in [-0.2, -0.15) is 0 Å². The fraction of sp³-hybridized carbons (Fsp3) is 0. The maximum Gasteiger partial charge on any atom is 2.00 e. The van der Waals surface area contributed by atoms with Crippen LogP contribution in [0, 0.1) is 64.2 Å². The van der Waals surface area contributed by atoms with Gasteiger partial charge in [0.25, 0.3) is 0 Å². The molecule has 0 aromatic heterocycles. The van der Waals surface area contributed by atoms with Gasteiger partial charge in [-0.3, -0.25) is 0 Å². The molecule has 11 radical (unpaired) electrons. The monoisotopic (exact) mass is 233 g/mol. The summed E-state index contributed by atoms with van der Waals surface area (Å²) in [7, 11) is 0. The minimum atomic E-state index is 0. The SMILES string of the molecule is [CH]1[CH][CH][CH][CH]1.[CH]1[CH][CH][CH][CH]1.[Rh+2]. The van der Waals surface area contributed by atoms with E-state index in [9.17, 15) is 0 Å². The second-order valence-corrected chi connectivity index (χ2v) is 1.92. The molecule has 1 heteroatoms. The minimum absolute atomic E-state index is 0. The molecule has 2 rings (SSSR count). The third-order valence-electron chi connectivity index (χ3n) is 1.11. The third-order valence-corrected chi connectivity index (χ3v) is 1.11. The van der Waals surface area contributed by atoms with E-state index >= 15 is 0 Å². The van der Waals surface area contributed by atoms with Crippen LogP contribution in [0.4, 0.5) is 0 Å². The van der Waals surface area contributed by atoms with Crippen molar-refractivity contribution in [3.63, 3.8) is 0 Å². The topological polar surface area (TPSA) is 0 Å². The van der Waals surface area contributed by atoms with Crippen LogP contribution in [0.15, 0.2) is 0 Å². The van der Waals surface area contributed by atoms with Crippen molar-refractivity contribution in [3.8, 4) is 0 Å². The van der Waals surface area contributed by atoms with Crippen molar-refractivity contribution in [2.75, 3.05) is 0 Å². The maximum atomic E-state index is 2.00. The molecule has 0 spiro atoms. The fourth-order valence-electron chi connectivity index (χ4n) is 0.642. The first-order chi connectivity index (χ1) is 5.00. The largest absolute Gasteiger partial charge is 2.00 e. The Morgan fingerprint density at radius 2 is 0.364 bits per heavy atom. The minimum Gasteiger partial charge on any atom is -0.0312 e. The standard InChI is InChI=1S/2C5H5.Rh/c2*1-2-4-5-3-1;/h2*1-5H;/q;;+2. The molecule has 11 heavy (non-hydrogen) atoms. The van der Waals surface area contributed by atoms with Gasteiger partial charge in [0, 0.05) is 0 Å². The van der Waals surface area contributed by atoms with Crippen LogP contribution in [0.2, 0.25) is 0 Å². The molecular formula is C10H10Rh+2. The van der Waals surface area contributed by atoms with Gasteiger partial charge in [0.15, 0.2) is 0 Å². The van der Waals surface area contributed by atoms with Gasteiger partial charge in [0.1, 0.15) is 0 Å². The van der Waals surface area contributed by atoms with Crippen LogP contribution in [0.25, 0.3) is 0 Å². The average Bonchev–Trinajstić information content (AvgIpc) is 2.67. The van der Waals surface area contributed by atoms with E-state index in [0.717, 1.165) is 0 Å². The Morgan fingerprint density at radius 3 is 0.455 bits per heavy atom. The number of hydrogen-bond acceptors (Lipinski definition) is 0. The molecule has 2 saturated carbocycles. The van der Waals surface area contributed by atoms with Gasteiger partial charge in [0.2, 0.25) is 0 Å². The summed E-state index contributed by atoms with van der Waals surface area (Å²) in [6, 6.07) is 0. The molecule has 2 fully saturated rings. The fourth-order valence-corrected chi connectivity index (χ4v) is 0.642. The molecule has 0 aliphatic heterocycles. The molecular weight excluding hydrogens is 223 g/mol. The molecule has 0 saturated heterocycles. The van der Waals surface area contributed by atoms with Gasteiger partial charge in [-0.1, -0.05) is 0 Å². The summed E-state index contributed by atoms with van der Waals surface area (Å²) < 4.78 is 0. The smallest absolute Gasteiger partial charge is 0.0312 e. The normalized spacial score (nSPS) is 21.8. The summed E-state index contributed by atoms with van der Waals surface area (Å²) in [6.45, 7) is 0. The zero-order valence-electron chi connectivity index (χ0n) is 6.11. The predicted molar refractivity (Wildman–Crippen MR) is 43.0 cm³/mol. The van der Waals surface area contributed by atoms with Gasteiger partial charge in [-0.15, -0.1) is 0 Å². The molecule has 0 nitrogen and oxygen atoms in total. The van der Waals surface area contributed by atoms with E-state index in [-0.39, 0.29) is 19.5 Å². The van der Waals surface area contributed by atoms with E-state index in [1.54, 1.807) is 0 Å². The van der Waals surface area contributed by atoms with E-state index in [4.69, 9.17) is 0 Å². The average molecular weight is 233 g/mol. The summed E-state index contributed by atoms with van der Waals surface area (Å²) in [6.07, 6.45) is 20.0. The van der Waals surface area contributed by atoms with Crippen molar-refractivity contribution in [1.82, 2.24) is 0 Å². The Morgan fingerprint density at radius 1 is 0.273 bits per heavy atom. The summed E-state index contributed by atoms with van der Waals surface area (Å²) in [5, 5.41) is 0. The van der Waals surface area contributed by atoms with Crippen LogP contribution in [-0.2, 0) is 19.5 Å². The quantitative estimate of drug-likeness (QED) is 0.561. The Kier molecular flexibility index (Phi) is 9.21. The van der Waals surface area contributed by atoms with E-state index in [2.05, 4.69) is 0 Å². The second kappa shape index (κ2) is 8.72. The summed E-state index contributed by atoms with van der Waals surface area (Å²) in [5.74, 6) is 0. The van der Waals surface area contributed by atoms with Crippen LogP contribution >= 0.6 is 0 Å². The molecule has 0 unspecified atom stereocenters. The van der Waals surface area contributed by atoms with Crippen molar-refractivity contribution >= 4 is 0 Å². The van der Waals surface area contributed by atoms with E-state index in [0.29, 0.717) is 0 Å². The van der Waals surface area contributed by atoms with Gasteiger partial charge in [0.05, 0.1) is 0 Å². The first-order valence-corrected chi connectivity index (χ1v) is 3.33. The first-order valence-electron chi connectivity index (χ1n) is 3.33. The number of hydrogen-bond donors (Lipinski definition) is 0. The molecule has 0 bridgehead atoms. The summed E-state index contributed by atoms with van der Waals surface area (Å²) in [4.78, 5) is 0. The predicted octanol–water partition coefficient (Wildman–Crippen LogP) is 2.04. The molecule has 0 heterocycles. The zero-order chi connectivity index (χ0) is 7.07. The molecule has 0 atom stereocenters. The third kappa shape index (κ3) is 7.00. The molecule has 2 aliphatic rings. The van der Waals surface area contributed by atoms with E-state index < -0.39 is 0 Å². The number of rotatable bonds is 0. The summed E-state index contributed by atoms with van der Waals surface area (Å²) in [5.41, 5.74) is 0. The molecule has 2 aliphatic carbocycles. The Balaban J connectivity index is 0.000000167. The molecule has 57 valence electrons. The van der Waals surface area contributed by atoms with E-state index in [1.165, 1.54) is 0 Å². The van der Waals surface area contributed by atoms with Gasteiger partial charge < -0.3 is 0 Å². The van der Waals surface area contributed by atoms with Crippen molar-refractivity contribution in [1.29, 1.82) is 0 Å². The molecule has 0 aromatic carbocycles. The van der Waals surface area contributed by atoms with Crippen molar-refractivity contribution in [2.45, 2.75) is 0 Å². The van der Waals surface area contributed by atoms with Crippen LogP contribution < -0.4 is 0 Å². The van der Waals surface area contributed by atoms with Gasteiger partial charge in [-0.25, -0.2) is 0 Å². The molecule has 0 amide bonds. The Bertz CT molecular complexity index is 38.1. The van der Waals surface area contributed by atoms with Crippen LogP contribution in [-0.4, -0.2) is 0 Å². The second-order valence-electron chi connectivity index (χ2n) is 1.92. The molecule has 0 N–H and O–H groups in total. The Labute approximate surface area is 83.9 Å².